The average molecular weight is 337 g/mol. The Bertz CT molecular complexity index is 866. The van der Waals surface area contributed by atoms with Crippen molar-refractivity contribution in [3.63, 3.8) is 0 Å². The van der Waals surface area contributed by atoms with Crippen molar-refractivity contribution in [2.75, 3.05) is 19.4 Å². The molecule has 3 rings (SSSR count). The Labute approximate surface area is 147 Å². The molecule has 0 radical (unpaired) electrons. The second-order valence-corrected chi connectivity index (χ2v) is 6.53. The molecule has 25 heavy (non-hydrogen) atoms. The number of benzene rings is 2. The lowest BCUT2D eigenvalue weighted by Crippen LogP contribution is -2.16. The van der Waals surface area contributed by atoms with Crippen LogP contribution in [0, 0.1) is 0 Å². The second-order valence-electron chi connectivity index (χ2n) is 6.53. The molecule has 0 aliphatic heterocycles. The molecule has 5 heteroatoms. The normalized spacial score (nSPS) is 12.5. The van der Waals surface area contributed by atoms with Gasteiger partial charge in [0.25, 0.3) is 0 Å². The molecule has 5 nitrogen and oxygen atoms in total. The molecule has 0 aliphatic rings. The van der Waals surface area contributed by atoms with Crippen molar-refractivity contribution in [2.45, 2.75) is 19.5 Å². The number of hydrogen-bond acceptors (Lipinski definition) is 4. The van der Waals surface area contributed by atoms with Gasteiger partial charge in [-0.25, -0.2) is 0 Å². The lowest BCUT2D eigenvalue weighted by Gasteiger charge is -2.19. The Balaban J connectivity index is 1.91. The zero-order valence-electron chi connectivity index (χ0n) is 14.7. The molecule has 0 saturated carbocycles. The number of amides is 1. The molecule has 0 saturated heterocycles. The van der Waals surface area contributed by atoms with E-state index in [0.29, 0.717) is 5.56 Å². The van der Waals surface area contributed by atoms with Gasteiger partial charge in [0.2, 0.25) is 5.91 Å². The van der Waals surface area contributed by atoms with Gasteiger partial charge in [0, 0.05) is 23.2 Å². The number of para-hydroxylation sites is 1. The van der Waals surface area contributed by atoms with Gasteiger partial charge in [-0.2, -0.15) is 0 Å². The Morgan fingerprint density at radius 3 is 2.64 bits per heavy atom. The van der Waals surface area contributed by atoms with E-state index in [-0.39, 0.29) is 6.04 Å². The number of rotatable bonds is 6. The minimum atomic E-state index is -0.434. The zero-order valence-corrected chi connectivity index (χ0v) is 14.7. The summed E-state index contributed by atoms with van der Waals surface area (Å²) in [6.45, 7) is 2.79. The first-order valence-corrected chi connectivity index (χ1v) is 8.26. The van der Waals surface area contributed by atoms with Crippen molar-refractivity contribution in [1.29, 1.82) is 0 Å². The lowest BCUT2D eigenvalue weighted by atomic mass is 10.1. The smallest absolute Gasteiger partial charge is 0.248 e. The molecule has 0 aliphatic carbocycles. The Morgan fingerprint density at radius 2 is 1.96 bits per heavy atom. The summed E-state index contributed by atoms with van der Waals surface area (Å²) < 4.78 is 5.94. The molecule has 1 aromatic heterocycles. The number of carbonyl (C=O) groups excluding carboxylic acids is 1. The number of nitrogens with zero attached hydrogens (tertiary/aromatic N) is 1. The van der Waals surface area contributed by atoms with Crippen LogP contribution >= 0.6 is 0 Å². The van der Waals surface area contributed by atoms with Crippen molar-refractivity contribution in [1.82, 2.24) is 4.90 Å². The van der Waals surface area contributed by atoms with Crippen molar-refractivity contribution >= 4 is 22.6 Å². The molecule has 0 spiro atoms. The minimum absolute atomic E-state index is 0.0450. The summed E-state index contributed by atoms with van der Waals surface area (Å²) in [6.07, 6.45) is 0. The molecule has 1 heterocycles. The third kappa shape index (κ3) is 3.83. The number of hydrogen-bond donors (Lipinski definition) is 2. The maximum atomic E-state index is 11.5. The number of primary amides is 1. The highest BCUT2D eigenvalue weighted by molar-refractivity contribution is 5.94. The molecule has 1 amide bonds. The third-order valence-electron chi connectivity index (χ3n) is 4.12. The van der Waals surface area contributed by atoms with Crippen molar-refractivity contribution in [3.8, 4) is 0 Å². The summed E-state index contributed by atoms with van der Waals surface area (Å²) in [4.78, 5) is 13.6. The van der Waals surface area contributed by atoms with Crippen molar-refractivity contribution < 1.29 is 9.21 Å². The van der Waals surface area contributed by atoms with Gasteiger partial charge in [0.15, 0.2) is 0 Å². The molecule has 3 N–H and O–H groups in total. The highest BCUT2D eigenvalue weighted by atomic mass is 16.3. The van der Waals surface area contributed by atoms with Crippen LogP contribution in [0.5, 0.6) is 0 Å². The fraction of sp³-hybridized carbons (Fsp3) is 0.250. The molecule has 3 aromatic rings. The number of furan rings is 1. The van der Waals surface area contributed by atoms with E-state index >= 15 is 0 Å². The van der Waals surface area contributed by atoms with Gasteiger partial charge in [-0.15, -0.1) is 0 Å². The fourth-order valence-corrected chi connectivity index (χ4v) is 2.86. The molecule has 1 unspecified atom stereocenters. The van der Waals surface area contributed by atoms with Crippen LogP contribution in [-0.4, -0.2) is 24.9 Å². The molecule has 0 fully saturated rings. The summed E-state index contributed by atoms with van der Waals surface area (Å²) in [5, 5.41) is 4.53. The maximum absolute atomic E-state index is 11.5. The van der Waals surface area contributed by atoms with Crippen molar-refractivity contribution in [3.05, 3.63) is 65.4 Å². The number of fused-ring (bicyclic) bond motifs is 1. The standard InChI is InChI=1S/C20H23N3O2/c1-13(19-11-14-6-4-5-7-18(14)25-19)22-17-10-15(20(21)24)8-9-16(17)12-23(2)3/h4-11,13,22H,12H2,1-3H3,(H2,21,24). The van der Waals surface area contributed by atoms with E-state index in [1.54, 1.807) is 12.1 Å². The molecular formula is C20H23N3O2. The van der Waals surface area contributed by atoms with Crippen LogP contribution in [0.3, 0.4) is 0 Å². The third-order valence-corrected chi connectivity index (χ3v) is 4.12. The first-order valence-electron chi connectivity index (χ1n) is 8.26. The van der Waals surface area contributed by atoms with Crippen LogP contribution in [-0.2, 0) is 6.54 Å². The van der Waals surface area contributed by atoms with Gasteiger partial charge in [0.05, 0.1) is 6.04 Å². The van der Waals surface area contributed by atoms with Crippen LogP contribution in [0.2, 0.25) is 0 Å². The number of nitrogens with one attached hydrogen (secondary N) is 1. The van der Waals surface area contributed by atoms with Crippen LogP contribution in [0.1, 0.15) is 34.6 Å². The number of nitrogens with two attached hydrogens (primary N) is 1. The van der Waals surface area contributed by atoms with Crippen LogP contribution < -0.4 is 11.1 Å². The molecular weight excluding hydrogens is 314 g/mol. The van der Waals surface area contributed by atoms with E-state index in [9.17, 15) is 4.79 Å². The van der Waals surface area contributed by atoms with E-state index in [1.807, 2.05) is 57.4 Å². The first-order chi connectivity index (χ1) is 11.9. The Hall–Kier alpha value is -2.79. The monoisotopic (exact) mass is 337 g/mol. The summed E-state index contributed by atoms with van der Waals surface area (Å²) in [6, 6.07) is 15.4. The quantitative estimate of drug-likeness (QED) is 0.718. The summed E-state index contributed by atoms with van der Waals surface area (Å²) in [5.41, 5.74) is 8.77. The van der Waals surface area contributed by atoms with Gasteiger partial charge in [-0.05, 0) is 50.8 Å². The molecule has 130 valence electrons. The second kappa shape index (κ2) is 6.99. The van der Waals surface area contributed by atoms with Gasteiger partial charge in [0.1, 0.15) is 11.3 Å². The maximum Gasteiger partial charge on any atom is 0.248 e. The average Bonchev–Trinajstić information content (AvgIpc) is 3.00. The van der Waals surface area contributed by atoms with Gasteiger partial charge in [-0.3, -0.25) is 4.79 Å². The topological polar surface area (TPSA) is 71.5 Å². The summed E-state index contributed by atoms with van der Waals surface area (Å²) in [7, 11) is 4.02. The van der Waals surface area contributed by atoms with E-state index < -0.39 is 5.91 Å². The van der Waals surface area contributed by atoms with E-state index in [0.717, 1.165) is 34.5 Å². The highest BCUT2D eigenvalue weighted by Gasteiger charge is 2.15. The lowest BCUT2D eigenvalue weighted by molar-refractivity contribution is 0.100. The largest absolute Gasteiger partial charge is 0.459 e. The Morgan fingerprint density at radius 1 is 1.20 bits per heavy atom. The predicted octanol–water partition coefficient (Wildman–Crippen LogP) is 3.77. The van der Waals surface area contributed by atoms with Crippen LogP contribution in [0.25, 0.3) is 11.0 Å². The van der Waals surface area contributed by atoms with Gasteiger partial charge < -0.3 is 20.4 Å². The predicted molar refractivity (Wildman–Crippen MR) is 101 cm³/mol. The van der Waals surface area contributed by atoms with E-state index in [4.69, 9.17) is 10.2 Å². The van der Waals surface area contributed by atoms with E-state index in [1.165, 1.54) is 0 Å². The van der Waals surface area contributed by atoms with Crippen molar-refractivity contribution in [2.24, 2.45) is 5.73 Å². The molecule has 0 bridgehead atoms. The highest BCUT2D eigenvalue weighted by Crippen LogP contribution is 2.28. The zero-order chi connectivity index (χ0) is 18.0. The fourth-order valence-electron chi connectivity index (χ4n) is 2.86. The van der Waals surface area contributed by atoms with Crippen LogP contribution in [0.4, 0.5) is 5.69 Å². The first kappa shape index (κ1) is 17.0. The Kier molecular flexibility index (Phi) is 4.76. The van der Waals surface area contributed by atoms with E-state index in [2.05, 4.69) is 10.2 Å². The van der Waals surface area contributed by atoms with Gasteiger partial charge in [-0.1, -0.05) is 24.3 Å². The van der Waals surface area contributed by atoms with Crippen LogP contribution in [0.15, 0.2) is 52.9 Å². The number of carbonyl (C=O) groups is 1. The number of anilines is 1. The summed E-state index contributed by atoms with van der Waals surface area (Å²) >= 11 is 0. The molecule has 2 aromatic carbocycles. The summed E-state index contributed by atoms with van der Waals surface area (Å²) in [5.74, 6) is 0.414. The van der Waals surface area contributed by atoms with Gasteiger partial charge >= 0.3 is 0 Å². The minimum Gasteiger partial charge on any atom is -0.459 e. The SMILES string of the molecule is CC(Nc1cc(C(N)=O)ccc1CN(C)C)c1cc2ccccc2o1. The molecule has 1 atom stereocenters.